The largest absolute Gasteiger partial charge is 0.482 e. The lowest BCUT2D eigenvalue weighted by Crippen LogP contribution is -2.42. The predicted molar refractivity (Wildman–Crippen MR) is 69.1 cm³/mol. The molecule has 1 amide bonds. The molecule has 116 valence electrons. The van der Waals surface area contributed by atoms with Crippen LogP contribution in [0.25, 0.3) is 0 Å². The predicted octanol–water partition coefficient (Wildman–Crippen LogP) is 2.09. The number of aliphatic hydroxyl groups is 1. The number of hydrogen-bond donors (Lipinski definition) is 1. The Balaban J connectivity index is 1.91. The Labute approximate surface area is 124 Å². The topological polar surface area (TPSA) is 49.8 Å². The zero-order chi connectivity index (χ0) is 15.6. The lowest BCUT2D eigenvalue weighted by Gasteiger charge is -2.22. The van der Waals surface area contributed by atoms with Crippen LogP contribution in [0.15, 0.2) is 18.2 Å². The van der Waals surface area contributed by atoms with Crippen molar-refractivity contribution in [3.05, 3.63) is 29.0 Å². The summed E-state index contributed by atoms with van der Waals surface area (Å²) in [6.45, 7) is -0.838. The van der Waals surface area contributed by atoms with Gasteiger partial charge >= 0.3 is 0 Å². The molecule has 0 spiro atoms. The number of nitrogens with zero attached hydrogens (tertiary/aromatic N) is 1. The van der Waals surface area contributed by atoms with E-state index in [2.05, 4.69) is 0 Å². The van der Waals surface area contributed by atoms with Crippen LogP contribution in [-0.4, -0.2) is 47.6 Å². The molecule has 1 aliphatic rings. The minimum Gasteiger partial charge on any atom is -0.482 e. The maximum absolute atomic E-state index is 12.8. The molecule has 0 aromatic heterocycles. The minimum absolute atomic E-state index is 0.00769. The van der Waals surface area contributed by atoms with E-state index in [1.54, 1.807) is 0 Å². The minimum atomic E-state index is -2.91. The number of rotatable bonds is 4. The Morgan fingerprint density at radius 3 is 2.81 bits per heavy atom. The molecular weight excluding hydrogens is 311 g/mol. The average Bonchev–Trinajstić information content (AvgIpc) is 2.82. The number of amides is 1. The molecule has 1 heterocycles. The molecule has 2 rings (SSSR count). The molecule has 1 saturated heterocycles. The van der Waals surface area contributed by atoms with E-state index < -0.39 is 36.9 Å². The summed E-state index contributed by atoms with van der Waals surface area (Å²) in [5, 5.41) is 9.61. The molecule has 1 fully saturated rings. The van der Waals surface area contributed by atoms with E-state index in [-0.39, 0.29) is 23.7 Å². The summed E-state index contributed by atoms with van der Waals surface area (Å²) < 4.78 is 43.2. The highest BCUT2D eigenvalue weighted by atomic mass is 35.5. The van der Waals surface area contributed by atoms with Crippen molar-refractivity contribution in [3.8, 4) is 5.75 Å². The molecule has 0 radical (unpaired) electrons. The van der Waals surface area contributed by atoms with Crippen molar-refractivity contribution in [2.75, 3.05) is 19.7 Å². The van der Waals surface area contributed by atoms with Gasteiger partial charge in [0, 0.05) is 13.0 Å². The monoisotopic (exact) mass is 323 g/mol. The number of carbonyl (C=O) groups excluding carboxylic acids is 1. The van der Waals surface area contributed by atoms with Crippen LogP contribution < -0.4 is 4.74 Å². The van der Waals surface area contributed by atoms with Crippen LogP contribution in [0.5, 0.6) is 5.75 Å². The summed E-state index contributed by atoms with van der Waals surface area (Å²) in [5.41, 5.74) is -2.16. The molecule has 0 saturated carbocycles. The van der Waals surface area contributed by atoms with Gasteiger partial charge in [0.25, 0.3) is 12.3 Å². The van der Waals surface area contributed by atoms with Gasteiger partial charge in [-0.2, -0.15) is 0 Å². The molecule has 21 heavy (non-hydrogen) atoms. The fourth-order valence-electron chi connectivity index (χ4n) is 2.03. The van der Waals surface area contributed by atoms with Crippen molar-refractivity contribution >= 4 is 17.5 Å². The van der Waals surface area contributed by atoms with Crippen molar-refractivity contribution in [1.82, 2.24) is 4.90 Å². The van der Waals surface area contributed by atoms with Crippen LogP contribution in [-0.2, 0) is 4.79 Å². The summed E-state index contributed by atoms with van der Waals surface area (Å²) in [6.07, 6.45) is -3.10. The first-order valence-electron chi connectivity index (χ1n) is 6.18. The molecule has 4 nitrogen and oxygen atoms in total. The lowest BCUT2D eigenvalue weighted by atomic mass is 10.1. The molecule has 8 heteroatoms. The third kappa shape index (κ3) is 3.59. The van der Waals surface area contributed by atoms with Crippen molar-refractivity contribution in [2.24, 2.45) is 0 Å². The summed E-state index contributed by atoms with van der Waals surface area (Å²) in [5.74, 6) is -0.970. The molecule has 1 N–H and O–H groups in total. The first-order chi connectivity index (χ1) is 9.82. The Kier molecular flexibility index (Phi) is 4.63. The molecular formula is C13H13ClF3NO3. The van der Waals surface area contributed by atoms with Gasteiger partial charge in [0.1, 0.15) is 17.2 Å². The van der Waals surface area contributed by atoms with Crippen LogP contribution >= 0.6 is 11.6 Å². The van der Waals surface area contributed by atoms with Gasteiger partial charge in [-0.1, -0.05) is 11.6 Å². The Hall–Kier alpha value is -1.47. The van der Waals surface area contributed by atoms with Crippen LogP contribution in [0.4, 0.5) is 13.2 Å². The van der Waals surface area contributed by atoms with Gasteiger partial charge in [0.05, 0.1) is 11.6 Å². The Morgan fingerprint density at radius 2 is 2.24 bits per heavy atom. The van der Waals surface area contributed by atoms with Crippen molar-refractivity contribution < 1.29 is 27.8 Å². The van der Waals surface area contributed by atoms with E-state index in [1.165, 1.54) is 6.07 Å². The maximum Gasteiger partial charge on any atom is 0.268 e. The molecule has 1 atom stereocenters. The Morgan fingerprint density at radius 1 is 1.52 bits per heavy atom. The normalized spacial score (nSPS) is 21.9. The number of likely N-dealkylation sites (tertiary alicyclic amines) is 1. The fraction of sp³-hybridized carbons (Fsp3) is 0.462. The highest BCUT2D eigenvalue weighted by Crippen LogP contribution is 2.28. The van der Waals surface area contributed by atoms with Gasteiger partial charge in [-0.05, 0) is 18.2 Å². The van der Waals surface area contributed by atoms with E-state index in [9.17, 15) is 23.1 Å². The van der Waals surface area contributed by atoms with Crippen molar-refractivity contribution in [1.29, 1.82) is 0 Å². The van der Waals surface area contributed by atoms with Crippen molar-refractivity contribution in [3.63, 3.8) is 0 Å². The quantitative estimate of drug-likeness (QED) is 0.923. The number of carbonyl (C=O) groups is 1. The summed E-state index contributed by atoms with van der Waals surface area (Å²) >= 11 is 5.73. The fourth-order valence-corrected chi connectivity index (χ4v) is 2.25. The van der Waals surface area contributed by atoms with Crippen LogP contribution in [0.3, 0.4) is 0 Å². The highest BCUT2D eigenvalue weighted by Gasteiger charge is 2.45. The summed E-state index contributed by atoms with van der Waals surface area (Å²) in [6, 6.07) is 3.42. The van der Waals surface area contributed by atoms with E-state index in [4.69, 9.17) is 16.3 Å². The van der Waals surface area contributed by atoms with Crippen LogP contribution in [0.1, 0.15) is 6.42 Å². The zero-order valence-electron chi connectivity index (χ0n) is 10.9. The molecule has 0 aliphatic carbocycles. The molecule has 0 bridgehead atoms. The number of ether oxygens (including phenoxy) is 1. The van der Waals surface area contributed by atoms with Gasteiger partial charge in [-0.15, -0.1) is 0 Å². The zero-order valence-corrected chi connectivity index (χ0v) is 11.6. The smallest absolute Gasteiger partial charge is 0.268 e. The second-order valence-corrected chi connectivity index (χ2v) is 5.24. The van der Waals surface area contributed by atoms with Crippen LogP contribution in [0.2, 0.25) is 5.02 Å². The highest BCUT2D eigenvalue weighted by molar-refractivity contribution is 6.32. The number of alkyl halides is 2. The molecule has 1 unspecified atom stereocenters. The van der Waals surface area contributed by atoms with Crippen LogP contribution in [0, 0.1) is 5.82 Å². The summed E-state index contributed by atoms with van der Waals surface area (Å²) in [7, 11) is 0. The second-order valence-electron chi connectivity index (χ2n) is 4.83. The average molecular weight is 324 g/mol. The molecule has 1 aromatic rings. The lowest BCUT2D eigenvalue weighted by molar-refractivity contribution is -0.135. The van der Waals surface area contributed by atoms with E-state index in [0.717, 1.165) is 17.0 Å². The first kappa shape index (κ1) is 15.9. The van der Waals surface area contributed by atoms with Gasteiger partial charge in [-0.3, -0.25) is 4.79 Å². The molecule has 1 aliphatic heterocycles. The van der Waals surface area contributed by atoms with E-state index in [0.29, 0.717) is 0 Å². The molecule has 1 aromatic carbocycles. The SMILES string of the molecule is O=C(COc1ccc(F)cc1Cl)N1CCC(O)(C(F)F)C1. The van der Waals surface area contributed by atoms with Gasteiger partial charge in [-0.25, -0.2) is 13.2 Å². The second kappa shape index (κ2) is 6.11. The van der Waals surface area contributed by atoms with Gasteiger partial charge in [0.2, 0.25) is 0 Å². The van der Waals surface area contributed by atoms with Gasteiger partial charge < -0.3 is 14.7 Å². The number of benzene rings is 1. The Bertz CT molecular complexity index is 543. The first-order valence-corrected chi connectivity index (χ1v) is 6.56. The van der Waals surface area contributed by atoms with E-state index in [1.807, 2.05) is 0 Å². The summed E-state index contributed by atoms with van der Waals surface area (Å²) in [4.78, 5) is 12.9. The number of halogens is 4. The van der Waals surface area contributed by atoms with E-state index >= 15 is 0 Å². The third-order valence-corrected chi connectivity index (χ3v) is 3.58. The number of hydrogen-bond acceptors (Lipinski definition) is 3. The number of β-amino-alcohol motifs (C(OH)–C–C–N with tert-alkyl or cyclic N) is 1. The van der Waals surface area contributed by atoms with Gasteiger partial charge in [0.15, 0.2) is 6.61 Å². The van der Waals surface area contributed by atoms with Crippen molar-refractivity contribution in [2.45, 2.75) is 18.4 Å². The third-order valence-electron chi connectivity index (χ3n) is 3.28. The standard InChI is InChI=1S/C13H13ClF3NO3/c14-9-5-8(15)1-2-10(9)21-6-11(19)18-4-3-13(20,7-18)12(16)17/h1-2,5,12,20H,3-4,6-7H2. The maximum atomic E-state index is 12.8.